The Bertz CT molecular complexity index is 210. The van der Waals surface area contributed by atoms with Gasteiger partial charge < -0.3 is 15.7 Å². The van der Waals surface area contributed by atoms with Crippen LogP contribution in [0.25, 0.3) is 0 Å². The van der Waals surface area contributed by atoms with Crippen molar-refractivity contribution in [2.24, 2.45) is 5.73 Å². The fourth-order valence-corrected chi connectivity index (χ4v) is 1.49. The lowest BCUT2D eigenvalue weighted by Crippen LogP contribution is -2.49. The molecule has 1 aliphatic heterocycles. The summed E-state index contributed by atoms with van der Waals surface area (Å²) < 4.78 is 0. The van der Waals surface area contributed by atoms with Crippen LogP contribution in [-0.2, 0) is 4.79 Å². The Morgan fingerprint density at radius 1 is 1.69 bits per heavy atom. The van der Waals surface area contributed by atoms with Gasteiger partial charge in [-0.05, 0) is 27.2 Å². The van der Waals surface area contributed by atoms with Crippen LogP contribution in [0.2, 0.25) is 0 Å². The van der Waals surface area contributed by atoms with Crippen molar-refractivity contribution in [2.45, 2.75) is 44.9 Å². The van der Waals surface area contributed by atoms with E-state index < -0.39 is 5.60 Å². The second-order valence-corrected chi connectivity index (χ2v) is 4.26. The number of likely N-dealkylation sites (tertiary alicyclic amines) is 1. The molecule has 0 aromatic rings. The van der Waals surface area contributed by atoms with Crippen LogP contribution in [0.5, 0.6) is 0 Å². The lowest BCUT2D eigenvalue weighted by atomic mass is 9.99. The molecule has 1 amide bonds. The summed E-state index contributed by atoms with van der Waals surface area (Å²) in [6, 6.07) is -0.543. The first kappa shape index (κ1) is 10.5. The Labute approximate surface area is 78.7 Å². The highest BCUT2D eigenvalue weighted by molar-refractivity contribution is 5.84. The summed E-state index contributed by atoms with van der Waals surface area (Å²) in [5, 5.41) is 9.72. The van der Waals surface area contributed by atoms with Gasteiger partial charge in [0.1, 0.15) is 0 Å². The van der Waals surface area contributed by atoms with Gasteiger partial charge in [0.2, 0.25) is 5.91 Å². The van der Waals surface area contributed by atoms with Crippen molar-refractivity contribution >= 4 is 5.91 Å². The Kier molecular flexibility index (Phi) is 2.63. The Hall–Kier alpha value is -0.610. The van der Waals surface area contributed by atoms with Crippen molar-refractivity contribution in [3.05, 3.63) is 0 Å². The van der Waals surface area contributed by atoms with E-state index in [9.17, 15) is 9.90 Å². The lowest BCUT2D eigenvalue weighted by molar-refractivity contribution is -0.135. The van der Waals surface area contributed by atoms with Gasteiger partial charge in [-0.2, -0.15) is 0 Å². The first-order valence-corrected chi connectivity index (χ1v) is 4.62. The molecular formula is C9H18N2O2. The summed E-state index contributed by atoms with van der Waals surface area (Å²) in [5.74, 6) is -0.0466. The molecule has 0 saturated carbocycles. The fourth-order valence-electron chi connectivity index (χ4n) is 1.49. The van der Waals surface area contributed by atoms with Crippen molar-refractivity contribution in [2.75, 3.05) is 6.54 Å². The van der Waals surface area contributed by atoms with Gasteiger partial charge in [0.05, 0.1) is 17.7 Å². The Balaban J connectivity index is 2.69. The number of amides is 1. The molecular weight excluding hydrogens is 168 g/mol. The molecule has 1 saturated heterocycles. The number of hydrogen-bond donors (Lipinski definition) is 2. The molecule has 4 heteroatoms. The molecule has 1 rings (SSSR count). The van der Waals surface area contributed by atoms with Gasteiger partial charge in [0.15, 0.2) is 0 Å². The SMILES string of the molecule is CC(N1CCC(N)C1=O)C(C)(C)O. The molecule has 0 bridgehead atoms. The zero-order valence-corrected chi connectivity index (χ0v) is 8.45. The molecule has 0 spiro atoms. The predicted octanol–water partition coefficient (Wildman–Crippen LogP) is -0.295. The van der Waals surface area contributed by atoms with Crippen molar-refractivity contribution < 1.29 is 9.90 Å². The molecule has 2 atom stereocenters. The molecule has 3 N–H and O–H groups in total. The van der Waals surface area contributed by atoms with Crippen molar-refractivity contribution in [3.63, 3.8) is 0 Å². The van der Waals surface area contributed by atoms with Crippen LogP contribution in [-0.4, -0.2) is 40.1 Å². The minimum atomic E-state index is -0.861. The first-order valence-electron chi connectivity index (χ1n) is 4.62. The largest absolute Gasteiger partial charge is 0.388 e. The van der Waals surface area contributed by atoms with Gasteiger partial charge >= 0.3 is 0 Å². The quantitative estimate of drug-likeness (QED) is 0.622. The van der Waals surface area contributed by atoms with Crippen LogP contribution in [0, 0.1) is 0 Å². The van der Waals surface area contributed by atoms with E-state index in [1.165, 1.54) is 0 Å². The maximum Gasteiger partial charge on any atom is 0.239 e. The van der Waals surface area contributed by atoms with Gasteiger partial charge in [-0.15, -0.1) is 0 Å². The molecule has 4 nitrogen and oxygen atoms in total. The van der Waals surface area contributed by atoms with E-state index in [0.29, 0.717) is 13.0 Å². The summed E-state index contributed by atoms with van der Waals surface area (Å²) in [7, 11) is 0. The summed E-state index contributed by atoms with van der Waals surface area (Å²) in [4.78, 5) is 13.1. The fraction of sp³-hybridized carbons (Fsp3) is 0.889. The number of nitrogens with two attached hydrogens (primary N) is 1. The van der Waals surface area contributed by atoms with Crippen molar-refractivity contribution in [1.82, 2.24) is 4.90 Å². The minimum Gasteiger partial charge on any atom is -0.388 e. The summed E-state index contributed by atoms with van der Waals surface area (Å²) in [6.45, 7) is 5.91. The van der Waals surface area contributed by atoms with Crippen molar-refractivity contribution in [3.8, 4) is 0 Å². The highest BCUT2D eigenvalue weighted by atomic mass is 16.3. The molecule has 0 aromatic heterocycles. The molecule has 1 aliphatic rings. The number of carbonyl (C=O) groups excluding carboxylic acids is 1. The van der Waals surface area contributed by atoms with Crippen LogP contribution in [0.4, 0.5) is 0 Å². The van der Waals surface area contributed by atoms with Crippen LogP contribution >= 0.6 is 0 Å². The Morgan fingerprint density at radius 2 is 2.23 bits per heavy atom. The predicted molar refractivity (Wildman–Crippen MR) is 50.1 cm³/mol. The van der Waals surface area contributed by atoms with E-state index in [1.807, 2.05) is 6.92 Å². The number of rotatable bonds is 2. The number of hydrogen-bond acceptors (Lipinski definition) is 3. The average molecular weight is 186 g/mol. The van der Waals surface area contributed by atoms with Crippen LogP contribution in [0.3, 0.4) is 0 Å². The van der Waals surface area contributed by atoms with Gasteiger partial charge in [-0.25, -0.2) is 0 Å². The number of nitrogens with zero attached hydrogens (tertiary/aromatic N) is 1. The summed E-state index contributed by atoms with van der Waals surface area (Å²) in [5.41, 5.74) is 4.72. The third kappa shape index (κ3) is 2.00. The average Bonchev–Trinajstić information content (AvgIpc) is 2.30. The highest BCUT2D eigenvalue weighted by Gasteiger charge is 2.37. The smallest absolute Gasteiger partial charge is 0.239 e. The Morgan fingerprint density at radius 3 is 2.54 bits per heavy atom. The third-order valence-electron chi connectivity index (χ3n) is 2.77. The van der Waals surface area contributed by atoms with E-state index >= 15 is 0 Å². The molecule has 76 valence electrons. The molecule has 0 radical (unpaired) electrons. The van der Waals surface area contributed by atoms with E-state index in [1.54, 1.807) is 18.7 Å². The number of aliphatic hydroxyl groups is 1. The van der Waals surface area contributed by atoms with Gasteiger partial charge in [-0.3, -0.25) is 4.79 Å². The molecule has 0 aliphatic carbocycles. The van der Waals surface area contributed by atoms with Crippen LogP contribution in [0.1, 0.15) is 27.2 Å². The first-order chi connectivity index (χ1) is 5.84. The molecule has 13 heavy (non-hydrogen) atoms. The van der Waals surface area contributed by atoms with Crippen LogP contribution in [0.15, 0.2) is 0 Å². The standard InChI is InChI=1S/C9H18N2O2/c1-6(9(2,3)13)11-5-4-7(10)8(11)12/h6-7,13H,4-5,10H2,1-3H3. The minimum absolute atomic E-state index is 0.0466. The molecule has 1 heterocycles. The highest BCUT2D eigenvalue weighted by Crippen LogP contribution is 2.20. The van der Waals surface area contributed by atoms with E-state index in [4.69, 9.17) is 5.73 Å². The van der Waals surface area contributed by atoms with Crippen LogP contribution < -0.4 is 5.73 Å². The molecule has 1 fully saturated rings. The maximum absolute atomic E-state index is 11.5. The zero-order chi connectivity index (χ0) is 10.2. The molecule has 0 aromatic carbocycles. The van der Waals surface area contributed by atoms with Gasteiger partial charge in [0.25, 0.3) is 0 Å². The summed E-state index contributed by atoms with van der Waals surface area (Å²) in [6.07, 6.45) is 0.694. The maximum atomic E-state index is 11.5. The number of carbonyl (C=O) groups is 1. The van der Waals surface area contributed by atoms with E-state index in [2.05, 4.69) is 0 Å². The normalized spacial score (nSPS) is 26.7. The topological polar surface area (TPSA) is 66.6 Å². The lowest BCUT2D eigenvalue weighted by Gasteiger charge is -2.33. The van der Waals surface area contributed by atoms with Gasteiger partial charge in [-0.1, -0.05) is 0 Å². The van der Waals surface area contributed by atoms with Crippen molar-refractivity contribution in [1.29, 1.82) is 0 Å². The second-order valence-electron chi connectivity index (χ2n) is 4.26. The second kappa shape index (κ2) is 3.27. The monoisotopic (exact) mass is 186 g/mol. The zero-order valence-electron chi connectivity index (χ0n) is 8.45. The van der Waals surface area contributed by atoms with E-state index in [0.717, 1.165) is 0 Å². The molecule has 2 unspecified atom stereocenters. The van der Waals surface area contributed by atoms with Gasteiger partial charge in [0, 0.05) is 6.54 Å². The summed E-state index contributed by atoms with van der Waals surface area (Å²) >= 11 is 0. The third-order valence-corrected chi connectivity index (χ3v) is 2.77. The van der Waals surface area contributed by atoms with E-state index in [-0.39, 0.29) is 18.0 Å².